The summed E-state index contributed by atoms with van der Waals surface area (Å²) >= 11 is 1.01. The van der Waals surface area contributed by atoms with Gasteiger partial charge >= 0.3 is 4.87 Å². The molecule has 0 bridgehead atoms. The molecule has 2 aromatic heterocycles. The summed E-state index contributed by atoms with van der Waals surface area (Å²) in [6.45, 7) is 0.654. The summed E-state index contributed by atoms with van der Waals surface area (Å²) in [5, 5.41) is 4.58. The van der Waals surface area contributed by atoms with Gasteiger partial charge in [-0.3, -0.25) is 4.79 Å². The molecule has 0 radical (unpaired) electrons. The van der Waals surface area contributed by atoms with Gasteiger partial charge in [-0.2, -0.15) is 0 Å². The normalized spacial score (nSPS) is 11.9. The molecule has 0 aliphatic carbocycles. The van der Waals surface area contributed by atoms with E-state index in [1.165, 1.54) is 0 Å². The van der Waals surface area contributed by atoms with Gasteiger partial charge in [0.1, 0.15) is 0 Å². The number of aryl methyl sites for hydroxylation is 1. The number of rotatable bonds is 6. The second-order valence-electron chi connectivity index (χ2n) is 4.31. The van der Waals surface area contributed by atoms with Crippen LogP contribution in [0.15, 0.2) is 27.3 Å². The lowest BCUT2D eigenvalue weighted by Gasteiger charge is -2.02. The first-order chi connectivity index (χ1) is 9.42. The van der Waals surface area contributed by atoms with Crippen LogP contribution >= 0.6 is 11.3 Å². The molecule has 0 saturated heterocycles. The molecule has 7 nitrogen and oxygen atoms in total. The molecule has 0 aromatic carbocycles. The maximum absolute atomic E-state index is 12.1. The minimum absolute atomic E-state index is 0.0668. The van der Waals surface area contributed by atoms with Crippen molar-refractivity contribution in [2.24, 2.45) is 7.05 Å². The molecular weight excluding hydrogens is 300 g/mol. The zero-order valence-electron chi connectivity index (χ0n) is 11.1. The van der Waals surface area contributed by atoms with E-state index >= 15 is 0 Å². The fourth-order valence-corrected chi connectivity index (χ4v) is 3.42. The van der Waals surface area contributed by atoms with E-state index in [0.717, 1.165) is 17.0 Å². The molecular formula is C11H16N4O3S2. The molecule has 2 rings (SSSR count). The van der Waals surface area contributed by atoms with Gasteiger partial charge in [0.2, 0.25) is 10.0 Å². The van der Waals surface area contributed by atoms with Crippen LogP contribution in [0, 0.1) is 0 Å². The number of thiazole rings is 1. The monoisotopic (exact) mass is 316 g/mol. The molecule has 20 heavy (non-hydrogen) atoms. The van der Waals surface area contributed by atoms with Gasteiger partial charge in [0.05, 0.1) is 11.4 Å². The third kappa shape index (κ3) is 3.37. The van der Waals surface area contributed by atoms with Crippen molar-refractivity contribution < 1.29 is 8.42 Å². The lowest BCUT2D eigenvalue weighted by atomic mass is 10.4. The highest BCUT2D eigenvalue weighted by atomic mass is 32.2. The molecule has 0 saturated carbocycles. The quantitative estimate of drug-likeness (QED) is 0.697. The van der Waals surface area contributed by atoms with Gasteiger partial charge < -0.3 is 14.9 Å². The van der Waals surface area contributed by atoms with Crippen molar-refractivity contribution in [3.05, 3.63) is 38.7 Å². The van der Waals surface area contributed by atoms with E-state index in [1.807, 2.05) is 0 Å². The van der Waals surface area contributed by atoms with Crippen molar-refractivity contribution in [1.29, 1.82) is 0 Å². The molecule has 2 heterocycles. The van der Waals surface area contributed by atoms with Crippen LogP contribution in [-0.2, 0) is 30.2 Å². The fourth-order valence-electron chi connectivity index (χ4n) is 1.74. The summed E-state index contributed by atoms with van der Waals surface area (Å²) in [4.78, 5) is 13.5. The molecule has 0 aliphatic heterocycles. The maximum Gasteiger partial charge on any atom is 0.304 e. The first kappa shape index (κ1) is 15.0. The Balaban J connectivity index is 2.13. The van der Waals surface area contributed by atoms with Gasteiger partial charge in [0.25, 0.3) is 0 Å². The molecule has 110 valence electrons. The SMILES string of the molecule is CNCc1cc(S(=O)(=O)NCc2csc(=O)[nH]2)cn1C. The van der Waals surface area contributed by atoms with Gasteiger partial charge in [0.15, 0.2) is 0 Å². The van der Waals surface area contributed by atoms with Crippen molar-refractivity contribution in [1.82, 2.24) is 19.6 Å². The highest BCUT2D eigenvalue weighted by Gasteiger charge is 2.17. The fraction of sp³-hybridized carbons (Fsp3) is 0.364. The van der Waals surface area contributed by atoms with Gasteiger partial charge in [-0.25, -0.2) is 13.1 Å². The van der Waals surface area contributed by atoms with Crippen molar-refractivity contribution in [3.63, 3.8) is 0 Å². The van der Waals surface area contributed by atoms with Gasteiger partial charge in [-0.15, -0.1) is 0 Å². The third-order valence-corrected chi connectivity index (χ3v) is 4.86. The Morgan fingerprint density at radius 3 is 2.75 bits per heavy atom. The van der Waals surface area contributed by atoms with Crippen LogP contribution in [0.4, 0.5) is 0 Å². The third-order valence-electron chi connectivity index (χ3n) is 2.77. The zero-order chi connectivity index (χ0) is 14.8. The summed E-state index contributed by atoms with van der Waals surface area (Å²) < 4.78 is 28.5. The predicted octanol–water partition coefficient (Wildman–Crippen LogP) is -0.0272. The second kappa shape index (κ2) is 5.92. The Morgan fingerprint density at radius 2 is 2.15 bits per heavy atom. The number of nitrogens with zero attached hydrogens (tertiary/aromatic N) is 1. The average Bonchev–Trinajstić information content (AvgIpc) is 2.95. The maximum atomic E-state index is 12.1. The van der Waals surface area contributed by atoms with E-state index in [9.17, 15) is 13.2 Å². The standard InChI is InChI=1S/C11H16N4O3S2/c1-12-5-9-3-10(6-15(9)2)20(17,18)13-4-8-7-19-11(16)14-8/h3,6-7,12-13H,4-5H2,1-2H3,(H,14,16). The van der Waals surface area contributed by atoms with E-state index in [1.54, 1.807) is 36.3 Å². The highest BCUT2D eigenvalue weighted by Crippen LogP contribution is 2.13. The minimum atomic E-state index is -3.59. The van der Waals surface area contributed by atoms with E-state index < -0.39 is 10.0 Å². The van der Waals surface area contributed by atoms with E-state index in [4.69, 9.17) is 0 Å². The van der Waals surface area contributed by atoms with Crippen LogP contribution in [0.5, 0.6) is 0 Å². The topological polar surface area (TPSA) is 96.0 Å². The Kier molecular flexibility index (Phi) is 4.43. The number of aromatic amines is 1. The van der Waals surface area contributed by atoms with Gasteiger partial charge in [0, 0.05) is 36.6 Å². The van der Waals surface area contributed by atoms with Crippen molar-refractivity contribution in [2.75, 3.05) is 7.05 Å². The van der Waals surface area contributed by atoms with Crippen LogP contribution in [-0.4, -0.2) is 25.0 Å². The number of nitrogens with one attached hydrogen (secondary N) is 3. The van der Waals surface area contributed by atoms with Gasteiger partial charge in [-0.1, -0.05) is 11.3 Å². The van der Waals surface area contributed by atoms with Gasteiger partial charge in [-0.05, 0) is 13.1 Å². The molecule has 3 N–H and O–H groups in total. The summed E-state index contributed by atoms with van der Waals surface area (Å²) in [5.74, 6) is 0. The van der Waals surface area contributed by atoms with E-state index in [0.29, 0.717) is 12.2 Å². The molecule has 0 spiro atoms. The first-order valence-electron chi connectivity index (χ1n) is 5.88. The first-order valence-corrected chi connectivity index (χ1v) is 8.25. The van der Waals surface area contributed by atoms with E-state index in [2.05, 4.69) is 15.0 Å². The molecule has 2 aromatic rings. The van der Waals surface area contributed by atoms with Crippen molar-refractivity contribution >= 4 is 21.4 Å². The summed E-state index contributed by atoms with van der Waals surface area (Å²) in [5.41, 5.74) is 1.42. The molecule has 0 aliphatic rings. The molecule has 0 atom stereocenters. The molecule has 0 fully saturated rings. The van der Waals surface area contributed by atoms with Crippen molar-refractivity contribution in [2.45, 2.75) is 18.0 Å². The van der Waals surface area contributed by atoms with Crippen molar-refractivity contribution in [3.8, 4) is 0 Å². The number of hydrogen-bond acceptors (Lipinski definition) is 5. The lowest BCUT2D eigenvalue weighted by molar-refractivity contribution is 0.580. The van der Waals surface area contributed by atoms with Crippen LogP contribution in [0.3, 0.4) is 0 Å². The van der Waals surface area contributed by atoms with Crippen LogP contribution in [0.1, 0.15) is 11.4 Å². The Bertz CT molecular complexity index is 742. The van der Waals surface area contributed by atoms with Crippen LogP contribution in [0.2, 0.25) is 0 Å². The Morgan fingerprint density at radius 1 is 1.40 bits per heavy atom. The summed E-state index contributed by atoms with van der Waals surface area (Å²) in [6, 6.07) is 1.62. The smallest absolute Gasteiger partial charge is 0.304 e. The van der Waals surface area contributed by atoms with Crippen LogP contribution in [0.25, 0.3) is 0 Å². The number of aromatic nitrogens is 2. The predicted molar refractivity (Wildman–Crippen MR) is 77.1 cm³/mol. The molecule has 0 amide bonds. The minimum Gasteiger partial charge on any atom is -0.352 e. The average molecular weight is 316 g/mol. The molecule has 9 heteroatoms. The lowest BCUT2D eigenvalue weighted by Crippen LogP contribution is -2.23. The Labute approximate surface area is 120 Å². The largest absolute Gasteiger partial charge is 0.352 e. The number of hydrogen-bond donors (Lipinski definition) is 3. The van der Waals surface area contributed by atoms with Crippen LogP contribution < -0.4 is 14.9 Å². The Hall–Kier alpha value is -1.42. The number of H-pyrrole nitrogens is 1. The highest BCUT2D eigenvalue weighted by molar-refractivity contribution is 7.89. The second-order valence-corrected chi connectivity index (χ2v) is 6.92. The van der Waals surface area contributed by atoms with E-state index in [-0.39, 0.29) is 16.3 Å². The summed E-state index contributed by atoms with van der Waals surface area (Å²) in [7, 11) is 0.00644. The number of sulfonamides is 1. The molecule has 0 unspecified atom stereocenters. The summed E-state index contributed by atoms with van der Waals surface area (Å²) in [6.07, 6.45) is 1.56. The zero-order valence-corrected chi connectivity index (χ0v) is 12.8.